The van der Waals surface area contributed by atoms with Crippen molar-refractivity contribution in [2.75, 3.05) is 14.2 Å². The Bertz CT molecular complexity index is 579. The Labute approximate surface area is 97.4 Å². The molecule has 0 N–H and O–H groups in total. The number of amides is 1. The minimum atomic E-state index is -0.427. The molecule has 2 heterocycles. The van der Waals surface area contributed by atoms with Gasteiger partial charge >= 0.3 is 0 Å². The molecule has 5 nitrogen and oxygen atoms in total. The van der Waals surface area contributed by atoms with Gasteiger partial charge in [0.05, 0.1) is 12.8 Å². The summed E-state index contributed by atoms with van der Waals surface area (Å²) >= 11 is 0. The highest BCUT2D eigenvalue weighted by molar-refractivity contribution is 5.93. The number of hydrogen-bond acceptors (Lipinski definition) is 3. The lowest BCUT2D eigenvalue weighted by atomic mass is 10.3. The third-order valence-corrected chi connectivity index (χ3v) is 2.52. The van der Waals surface area contributed by atoms with E-state index in [9.17, 15) is 9.18 Å². The Morgan fingerprint density at radius 3 is 2.88 bits per heavy atom. The Hall–Kier alpha value is -1.95. The molecule has 2 rings (SSSR count). The van der Waals surface area contributed by atoms with Gasteiger partial charge in [0.25, 0.3) is 5.91 Å². The van der Waals surface area contributed by atoms with E-state index in [1.165, 1.54) is 36.9 Å². The molecule has 1 amide bonds. The molecule has 0 saturated heterocycles. The summed E-state index contributed by atoms with van der Waals surface area (Å²) in [6, 6.07) is 2.82. The number of nitrogens with zero attached hydrogens (tertiary/aromatic N) is 3. The molecule has 0 radical (unpaired) electrons. The molecule has 17 heavy (non-hydrogen) atoms. The first-order valence-corrected chi connectivity index (χ1v) is 5.01. The molecule has 0 unspecified atom stereocenters. The number of carbonyl (C=O) groups excluding carboxylic acids is 1. The minimum absolute atomic E-state index is 0.295. The topological polar surface area (TPSA) is 46.8 Å². The molecule has 0 aliphatic heterocycles. The van der Waals surface area contributed by atoms with Gasteiger partial charge in [-0.2, -0.15) is 0 Å². The van der Waals surface area contributed by atoms with Crippen LogP contribution in [-0.2, 0) is 4.84 Å². The van der Waals surface area contributed by atoms with Gasteiger partial charge in [0.2, 0.25) is 0 Å². The van der Waals surface area contributed by atoms with Crippen molar-refractivity contribution in [3.8, 4) is 0 Å². The molecule has 0 bridgehead atoms. The van der Waals surface area contributed by atoms with Crippen LogP contribution >= 0.6 is 0 Å². The van der Waals surface area contributed by atoms with E-state index in [1.807, 2.05) is 0 Å². The summed E-state index contributed by atoms with van der Waals surface area (Å²) in [5.41, 5.74) is 1.35. The van der Waals surface area contributed by atoms with Crippen LogP contribution in [0.25, 0.3) is 5.65 Å². The highest BCUT2D eigenvalue weighted by atomic mass is 19.1. The van der Waals surface area contributed by atoms with Crippen LogP contribution in [0.1, 0.15) is 16.2 Å². The van der Waals surface area contributed by atoms with Crippen LogP contribution in [0.5, 0.6) is 0 Å². The molecular weight excluding hydrogens is 225 g/mol. The van der Waals surface area contributed by atoms with Crippen molar-refractivity contribution in [1.29, 1.82) is 0 Å². The summed E-state index contributed by atoms with van der Waals surface area (Å²) in [7, 11) is 2.87. The van der Waals surface area contributed by atoms with Crippen LogP contribution in [0, 0.1) is 12.7 Å². The van der Waals surface area contributed by atoms with Gasteiger partial charge in [-0.05, 0) is 19.1 Å². The Kier molecular flexibility index (Phi) is 2.81. The second-order valence-electron chi connectivity index (χ2n) is 3.61. The highest BCUT2D eigenvalue weighted by Crippen LogP contribution is 2.14. The van der Waals surface area contributed by atoms with Gasteiger partial charge in [-0.25, -0.2) is 14.4 Å². The lowest BCUT2D eigenvalue weighted by molar-refractivity contribution is -0.0761. The number of aromatic nitrogens is 2. The van der Waals surface area contributed by atoms with E-state index in [1.54, 1.807) is 6.92 Å². The summed E-state index contributed by atoms with van der Waals surface area (Å²) in [5.74, 6) is -0.799. The molecule has 0 saturated carbocycles. The molecule has 6 heteroatoms. The molecule has 0 aliphatic rings. The number of rotatable bonds is 2. The van der Waals surface area contributed by atoms with Crippen molar-refractivity contribution in [2.45, 2.75) is 6.92 Å². The van der Waals surface area contributed by atoms with Crippen LogP contribution in [0.15, 0.2) is 18.3 Å². The molecule has 2 aromatic rings. The van der Waals surface area contributed by atoms with E-state index in [0.717, 1.165) is 5.06 Å². The number of imidazole rings is 1. The Morgan fingerprint density at radius 1 is 1.53 bits per heavy atom. The van der Waals surface area contributed by atoms with Crippen molar-refractivity contribution in [3.63, 3.8) is 0 Å². The standard InChI is InChI=1S/C11H12FN3O2/c1-7-10(11(16)14(2)17-3)15-6-8(12)4-5-9(15)13-7/h4-6H,1-3H3. The van der Waals surface area contributed by atoms with Crippen LogP contribution in [0.2, 0.25) is 0 Å². The number of aryl methyl sites for hydroxylation is 1. The largest absolute Gasteiger partial charge is 0.296 e. The zero-order valence-electron chi connectivity index (χ0n) is 9.77. The maximum absolute atomic E-state index is 13.2. The summed E-state index contributed by atoms with van der Waals surface area (Å²) in [5, 5.41) is 1.07. The average Bonchev–Trinajstić information content (AvgIpc) is 2.62. The molecule has 2 aromatic heterocycles. The third-order valence-electron chi connectivity index (χ3n) is 2.52. The lowest BCUT2D eigenvalue weighted by Gasteiger charge is -2.13. The van der Waals surface area contributed by atoms with Crippen molar-refractivity contribution in [3.05, 3.63) is 35.5 Å². The van der Waals surface area contributed by atoms with Crippen LogP contribution in [0.4, 0.5) is 4.39 Å². The SMILES string of the molecule is CON(C)C(=O)c1c(C)nc2ccc(F)cn12. The second kappa shape index (κ2) is 4.14. The van der Waals surface area contributed by atoms with E-state index in [-0.39, 0.29) is 5.91 Å². The number of hydrogen-bond donors (Lipinski definition) is 0. The zero-order chi connectivity index (χ0) is 12.6. The van der Waals surface area contributed by atoms with Gasteiger partial charge in [0, 0.05) is 13.2 Å². The fraction of sp³-hybridized carbons (Fsp3) is 0.273. The van der Waals surface area contributed by atoms with Gasteiger partial charge in [-0.15, -0.1) is 0 Å². The molecule has 90 valence electrons. The molecule has 0 fully saturated rings. The predicted molar refractivity (Wildman–Crippen MR) is 59.0 cm³/mol. The molecule has 0 atom stereocenters. The Balaban J connectivity index is 2.63. The summed E-state index contributed by atoms with van der Waals surface area (Å²) < 4.78 is 14.6. The molecule has 0 aliphatic carbocycles. The van der Waals surface area contributed by atoms with Crippen molar-refractivity contribution >= 4 is 11.6 Å². The first-order chi connectivity index (χ1) is 8.04. The number of carbonyl (C=O) groups is 1. The normalized spacial score (nSPS) is 10.8. The van der Waals surface area contributed by atoms with E-state index in [0.29, 0.717) is 17.0 Å². The highest BCUT2D eigenvalue weighted by Gasteiger charge is 2.20. The van der Waals surface area contributed by atoms with E-state index < -0.39 is 5.82 Å². The van der Waals surface area contributed by atoms with E-state index in [4.69, 9.17) is 4.84 Å². The van der Waals surface area contributed by atoms with Crippen LogP contribution < -0.4 is 0 Å². The van der Waals surface area contributed by atoms with Crippen molar-refractivity contribution in [2.24, 2.45) is 0 Å². The van der Waals surface area contributed by atoms with Gasteiger partial charge in [0.15, 0.2) is 0 Å². The lowest BCUT2D eigenvalue weighted by Crippen LogP contribution is -2.27. The molecule has 0 spiro atoms. The average molecular weight is 237 g/mol. The van der Waals surface area contributed by atoms with E-state index >= 15 is 0 Å². The van der Waals surface area contributed by atoms with Crippen molar-refractivity contribution < 1.29 is 14.0 Å². The monoisotopic (exact) mass is 237 g/mol. The minimum Gasteiger partial charge on any atom is -0.292 e. The van der Waals surface area contributed by atoms with Crippen LogP contribution in [-0.4, -0.2) is 34.5 Å². The molecular formula is C11H12FN3O2. The fourth-order valence-electron chi connectivity index (χ4n) is 1.63. The first-order valence-electron chi connectivity index (χ1n) is 5.01. The first kappa shape index (κ1) is 11.5. The number of hydroxylamine groups is 2. The fourth-order valence-corrected chi connectivity index (χ4v) is 1.63. The van der Waals surface area contributed by atoms with Crippen LogP contribution in [0.3, 0.4) is 0 Å². The zero-order valence-corrected chi connectivity index (χ0v) is 9.77. The smallest absolute Gasteiger partial charge is 0.292 e. The number of fused-ring (bicyclic) bond motifs is 1. The van der Waals surface area contributed by atoms with Gasteiger partial charge < -0.3 is 0 Å². The summed E-state index contributed by atoms with van der Waals surface area (Å²) in [4.78, 5) is 21.0. The van der Waals surface area contributed by atoms with E-state index in [2.05, 4.69) is 4.98 Å². The van der Waals surface area contributed by atoms with Gasteiger partial charge in [-0.1, -0.05) is 0 Å². The van der Waals surface area contributed by atoms with Gasteiger partial charge in [0.1, 0.15) is 17.2 Å². The van der Waals surface area contributed by atoms with Crippen molar-refractivity contribution in [1.82, 2.24) is 14.4 Å². The third kappa shape index (κ3) is 1.87. The predicted octanol–water partition coefficient (Wildman–Crippen LogP) is 1.42. The van der Waals surface area contributed by atoms with Gasteiger partial charge in [-0.3, -0.25) is 14.0 Å². The Morgan fingerprint density at radius 2 is 2.24 bits per heavy atom. The summed E-state index contributed by atoms with van der Waals surface area (Å²) in [6.07, 6.45) is 1.23. The maximum Gasteiger partial charge on any atom is 0.296 e. The summed E-state index contributed by atoms with van der Waals surface area (Å²) in [6.45, 7) is 1.70. The molecule has 0 aromatic carbocycles. The number of pyridine rings is 1. The quantitative estimate of drug-likeness (QED) is 0.742. The second-order valence-corrected chi connectivity index (χ2v) is 3.61. The maximum atomic E-state index is 13.2. The number of halogens is 1.